The Morgan fingerprint density at radius 2 is 2.00 bits per heavy atom. The number of nitrogens with zero attached hydrogens (tertiary/aromatic N) is 1. The van der Waals surface area contributed by atoms with Gasteiger partial charge in [0.1, 0.15) is 12.4 Å². The van der Waals surface area contributed by atoms with Crippen LogP contribution in [0.4, 0.5) is 17.6 Å². The molecule has 1 aromatic carbocycles. The third kappa shape index (κ3) is 4.07. The molecule has 1 fully saturated rings. The molecule has 1 aromatic heterocycles. The monoisotopic (exact) mass is 354 g/mol. The van der Waals surface area contributed by atoms with E-state index in [0.29, 0.717) is 18.7 Å². The Morgan fingerprint density at radius 1 is 1.24 bits per heavy atom. The fraction of sp³-hybridized carbons (Fsp3) is 0.294. The summed E-state index contributed by atoms with van der Waals surface area (Å²) in [6.45, 7) is -0.505. The van der Waals surface area contributed by atoms with E-state index < -0.39 is 29.8 Å². The number of aromatic nitrogens is 1. The molecular formula is C17H14F4N2O2. The van der Waals surface area contributed by atoms with Crippen molar-refractivity contribution in [2.45, 2.75) is 31.1 Å². The second kappa shape index (κ2) is 6.34. The second-order valence-electron chi connectivity index (χ2n) is 5.95. The molecule has 1 aliphatic carbocycles. The van der Waals surface area contributed by atoms with Gasteiger partial charge in [0, 0.05) is 24.2 Å². The molecule has 0 bridgehead atoms. The first-order chi connectivity index (χ1) is 11.7. The zero-order valence-electron chi connectivity index (χ0n) is 12.9. The molecule has 132 valence electrons. The fourth-order valence-electron chi connectivity index (χ4n) is 2.69. The van der Waals surface area contributed by atoms with Gasteiger partial charge < -0.3 is 9.88 Å². The van der Waals surface area contributed by atoms with Crippen molar-refractivity contribution in [2.24, 2.45) is 0 Å². The molecule has 0 spiro atoms. The Kier molecular flexibility index (Phi) is 4.36. The van der Waals surface area contributed by atoms with Crippen molar-refractivity contribution in [2.75, 3.05) is 0 Å². The van der Waals surface area contributed by atoms with Gasteiger partial charge in [-0.15, -0.1) is 0 Å². The number of amides is 1. The summed E-state index contributed by atoms with van der Waals surface area (Å²) in [5.41, 5.74) is -0.939. The molecule has 1 saturated carbocycles. The number of pyridine rings is 1. The molecule has 4 nitrogen and oxygen atoms in total. The number of rotatable bonds is 4. The highest BCUT2D eigenvalue weighted by molar-refractivity contribution is 5.76. The topological polar surface area (TPSA) is 51.1 Å². The van der Waals surface area contributed by atoms with E-state index in [1.54, 1.807) is 12.1 Å². The second-order valence-corrected chi connectivity index (χ2v) is 5.95. The first-order valence-corrected chi connectivity index (χ1v) is 7.56. The minimum atomic E-state index is -4.59. The minimum absolute atomic E-state index is 0.0297. The zero-order chi connectivity index (χ0) is 18.2. The summed E-state index contributed by atoms with van der Waals surface area (Å²) < 4.78 is 52.0. The van der Waals surface area contributed by atoms with Gasteiger partial charge in [-0.25, -0.2) is 4.39 Å². The first kappa shape index (κ1) is 17.2. The van der Waals surface area contributed by atoms with Crippen LogP contribution in [0.5, 0.6) is 0 Å². The highest BCUT2D eigenvalue weighted by atomic mass is 19.4. The maximum atomic E-state index is 13.2. The van der Waals surface area contributed by atoms with Gasteiger partial charge >= 0.3 is 6.18 Å². The summed E-state index contributed by atoms with van der Waals surface area (Å²) in [6, 6.07) is 7.27. The Morgan fingerprint density at radius 3 is 2.68 bits per heavy atom. The summed E-state index contributed by atoms with van der Waals surface area (Å²) in [4.78, 5) is 23.6. The van der Waals surface area contributed by atoms with Gasteiger partial charge in [0.15, 0.2) is 0 Å². The van der Waals surface area contributed by atoms with Crippen molar-refractivity contribution < 1.29 is 22.4 Å². The number of carbonyl (C=O) groups is 1. The summed E-state index contributed by atoms with van der Waals surface area (Å²) in [7, 11) is 0. The largest absolute Gasteiger partial charge is 0.417 e. The molecule has 25 heavy (non-hydrogen) atoms. The number of benzene rings is 1. The van der Waals surface area contributed by atoms with Crippen LogP contribution in [0, 0.1) is 5.82 Å². The molecule has 1 N–H and O–H groups in total. The minimum Gasteiger partial charge on any atom is -0.351 e. The predicted molar refractivity (Wildman–Crippen MR) is 81.4 cm³/mol. The molecule has 0 saturated heterocycles. The molecule has 2 unspecified atom stereocenters. The van der Waals surface area contributed by atoms with Crippen LogP contribution in [0.1, 0.15) is 23.5 Å². The van der Waals surface area contributed by atoms with Gasteiger partial charge in [-0.05, 0) is 30.2 Å². The molecular weight excluding hydrogens is 340 g/mol. The molecule has 2 atom stereocenters. The highest BCUT2D eigenvalue weighted by Crippen LogP contribution is 2.40. The van der Waals surface area contributed by atoms with Crippen LogP contribution >= 0.6 is 0 Å². The third-order valence-electron chi connectivity index (χ3n) is 4.04. The maximum Gasteiger partial charge on any atom is 0.417 e. The van der Waals surface area contributed by atoms with Crippen LogP contribution < -0.4 is 10.9 Å². The predicted octanol–water partition coefficient (Wildman–Crippen LogP) is 2.68. The van der Waals surface area contributed by atoms with Crippen LogP contribution in [0.3, 0.4) is 0 Å². The van der Waals surface area contributed by atoms with E-state index in [-0.39, 0.29) is 17.8 Å². The van der Waals surface area contributed by atoms with E-state index in [1.165, 1.54) is 12.1 Å². The number of nitrogens with one attached hydrogen (secondary N) is 1. The fourth-order valence-corrected chi connectivity index (χ4v) is 2.69. The Bertz CT molecular complexity index is 860. The van der Waals surface area contributed by atoms with Crippen LogP contribution in [-0.4, -0.2) is 16.5 Å². The molecule has 0 aliphatic heterocycles. The molecule has 2 aromatic rings. The Labute approximate surface area is 140 Å². The van der Waals surface area contributed by atoms with E-state index >= 15 is 0 Å². The lowest BCUT2D eigenvalue weighted by atomic mass is 10.1. The summed E-state index contributed by atoms with van der Waals surface area (Å²) >= 11 is 0. The molecule has 3 rings (SSSR count). The first-order valence-electron chi connectivity index (χ1n) is 7.56. The lowest BCUT2D eigenvalue weighted by Crippen LogP contribution is -2.34. The lowest BCUT2D eigenvalue weighted by Gasteiger charge is -2.11. The van der Waals surface area contributed by atoms with Crippen molar-refractivity contribution in [1.82, 2.24) is 9.88 Å². The van der Waals surface area contributed by atoms with Crippen LogP contribution in [0.2, 0.25) is 0 Å². The third-order valence-corrected chi connectivity index (χ3v) is 4.04. The lowest BCUT2D eigenvalue weighted by molar-refractivity contribution is -0.138. The van der Waals surface area contributed by atoms with Gasteiger partial charge in [-0.1, -0.05) is 12.1 Å². The van der Waals surface area contributed by atoms with Gasteiger partial charge in [-0.2, -0.15) is 13.2 Å². The van der Waals surface area contributed by atoms with Crippen LogP contribution in [0.25, 0.3) is 0 Å². The zero-order valence-corrected chi connectivity index (χ0v) is 12.9. The van der Waals surface area contributed by atoms with E-state index in [9.17, 15) is 27.2 Å². The van der Waals surface area contributed by atoms with Gasteiger partial charge in [-0.3, -0.25) is 9.59 Å². The smallest absolute Gasteiger partial charge is 0.351 e. The number of halogens is 4. The van der Waals surface area contributed by atoms with Crippen molar-refractivity contribution in [3.63, 3.8) is 0 Å². The van der Waals surface area contributed by atoms with Crippen molar-refractivity contribution in [1.29, 1.82) is 0 Å². The highest BCUT2D eigenvalue weighted by Gasteiger charge is 2.39. The standard InChI is InChI=1S/C17H14F4N2O2/c18-12-3-1-2-10(6-12)13-7-14(13)22-15(24)9-23-8-11(17(19,20)21)4-5-16(23)25/h1-6,8,13-14H,7,9H2,(H,22,24). The molecule has 1 heterocycles. The van der Waals surface area contributed by atoms with Crippen molar-refractivity contribution >= 4 is 5.91 Å². The number of alkyl halides is 3. The summed E-state index contributed by atoms with van der Waals surface area (Å²) in [6.07, 6.45) is -3.35. The Balaban J connectivity index is 1.63. The normalized spacial score (nSPS) is 19.5. The van der Waals surface area contributed by atoms with Crippen LogP contribution in [-0.2, 0) is 17.5 Å². The van der Waals surface area contributed by atoms with E-state index in [0.717, 1.165) is 16.2 Å². The average molecular weight is 354 g/mol. The average Bonchev–Trinajstić information content (AvgIpc) is 3.27. The van der Waals surface area contributed by atoms with Gasteiger partial charge in [0.2, 0.25) is 5.91 Å². The van der Waals surface area contributed by atoms with E-state index in [1.807, 2.05) is 0 Å². The number of hydrogen-bond acceptors (Lipinski definition) is 2. The summed E-state index contributed by atoms with van der Waals surface area (Å²) in [5.74, 6) is -0.965. The van der Waals surface area contributed by atoms with E-state index in [4.69, 9.17) is 0 Å². The van der Waals surface area contributed by atoms with Crippen molar-refractivity contribution in [3.05, 3.63) is 69.9 Å². The number of carbonyl (C=O) groups excluding carboxylic acids is 1. The van der Waals surface area contributed by atoms with Gasteiger partial charge in [0.05, 0.1) is 5.56 Å². The van der Waals surface area contributed by atoms with Crippen molar-refractivity contribution in [3.8, 4) is 0 Å². The van der Waals surface area contributed by atoms with E-state index in [2.05, 4.69) is 5.32 Å². The molecule has 1 aliphatic rings. The maximum absolute atomic E-state index is 13.2. The SMILES string of the molecule is O=C(Cn1cc(C(F)(F)F)ccc1=O)NC1CC1c1cccc(F)c1. The van der Waals surface area contributed by atoms with Crippen LogP contribution in [0.15, 0.2) is 47.4 Å². The quantitative estimate of drug-likeness (QED) is 0.859. The van der Waals surface area contributed by atoms with Gasteiger partial charge in [0.25, 0.3) is 5.56 Å². The molecule has 1 amide bonds. The molecule has 0 radical (unpaired) electrons. The number of hydrogen-bond donors (Lipinski definition) is 1. The Hall–Kier alpha value is -2.64. The molecule has 8 heteroatoms. The summed E-state index contributed by atoms with van der Waals surface area (Å²) in [5, 5.41) is 2.65.